The molecule has 1 unspecified atom stereocenters. The molecule has 0 radical (unpaired) electrons. The van der Waals surface area contributed by atoms with Crippen LogP contribution in [0.15, 0.2) is 0 Å². The highest BCUT2D eigenvalue weighted by Gasteiger charge is 2.31. The molecule has 18 heavy (non-hydrogen) atoms. The Kier molecular flexibility index (Phi) is 5.63. The summed E-state index contributed by atoms with van der Waals surface area (Å²) in [6.07, 6.45) is 1.56. The molecule has 1 rings (SSSR count). The average Bonchev–Trinajstić information content (AvgIpc) is 2.36. The fourth-order valence-electron chi connectivity index (χ4n) is 2.17. The van der Waals surface area contributed by atoms with E-state index in [1.165, 1.54) is 0 Å². The minimum Gasteiger partial charge on any atom is -0.349 e. The van der Waals surface area contributed by atoms with Gasteiger partial charge >= 0.3 is 0 Å². The van der Waals surface area contributed by atoms with Gasteiger partial charge in [0.2, 0.25) is 11.8 Å². The highest BCUT2D eigenvalue weighted by atomic mass is 79.9. The molecule has 0 aliphatic carbocycles. The van der Waals surface area contributed by atoms with E-state index in [4.69, 9.17) is 0 Å². The van der Waals surface area contributed by atoms with E-state index in [1.807, 2.05) is 18.7 Å². The maximum Gasteiger partial charge on any atom is 0.236 e. The van der Waals surface area contributed by atoms with E-state index < -0.39 is 0 Å². The summed E-state index contributed by atoms with van der Waals surface area (Å²) in [6, 6.07) is 0. The SMILES string of the molecule is CC(C)C(Br)C(=O)N1CCC(C(=O)N(C)C)CC1. The lowest BCUT2D eigenvalue weighted by Crippen LogP contribution is -2.46. The Labute approximate surface area is 118 Å². The molecule has 1 fully saturated rings. The summed E-state index contributed by atoms with van der Waals surface area (Å²) in [5, 5.41) is 0. The largest absolute Gasteiger partial charge is 0.349 e. The standard InChI is InChI=1S/C13H23BrN2O2/c1-9(2)11(14)13(18)16-7-5-10(6-8-16)12(17)15(3)4/h9-11H,5-8H2,1-4H3. The number of piperidine rings is 1. The molecule has 0 spiro atoms. The molecule has 1 aliphatic heterocycles. The second-order valence-corrected chi connectivity index (χ2v) is 6.46. The van der Waals surface area contributed by atoms with E-state index in [0.29, 0.717) is 19.0 Å². The van der Waals surface area contributed by atoms with Gasteiger partial charge in [-0.25, -0.2) is 0 Å². The first-order chi connectivity index (χ1) is 8.34. The van der Waals surface area contributed by atoms with E-state index in [-0.39, 0.29) is 22.6 Å². The van der Waals surface area contributed by atoms with Crippen LogP contribution in [-0.4, -0.2) is 53.6 Å². The fourth-order valence-corrected chi connectivity index (χ4v) is 2.46. The first-order valence-corrected chi connectivity index (χ1v) is 7.40. The minimum absolute atomic E-state index is 0.0804. The maximum atomic E-state index is 12.1. The highest BCUT2D eigenvalue weighted by Crippen LogP contribution is 2.22. The first-order valence-electron chi connectivity index (χ1n) is 6.48. The van der Waals surface area contributed by atoms with Crippen LogP contribution in [0.25, 0.3) is 0 Å². The van der Waals surface area contributed by atoms with Gasteiger partial charge in [-0.05, 0) is 18.8 Å². The molecular weight excluding hydrogens is 296 g/mol. The van der Waals surface area contributed by atoms with Crippen molar-refractivity contribution in [3.05, 3.63) is 0 Å². The molecule has 1 heterocycles. The van der Waals surface area contributed by atoms with Crippen LogP contribution in [-0.2, 0) is 9.59 Å². The summed E-state index contributed by atoms with van der Waals surface area (Å²) in [4.78, 5) is 27.4. The van der Waals surface area contributed by atoms with E-state index in [0.717, 1.165) is 12.8 Å². The molecule has 0 aromatic carbocycles. The fraction of sp³-hybridized carbons (Fsp3) is 0.846. The van der Waals surface area contributed by atoms with Crippen LogP contribution in [0.3, 0.4) is 0 Å². The number of hydrogen-bond donors (Lipinski definition) is 0. The van der Waals surface area contributed by atoms with Crippen LogP contribution in [0.2, 0.25) is 0 Å². The van der Waals surface area contributed by atoms with Crippen LogP contribution in [0.4, 0.5) is 0 Å². The lowest BCUT2D eigenvalue weighted by Gasteiger charge is -2.34. The third-order valence-electron chi connectivity index (χ3n) is 3.42. The molecule has 0 aromatic heterocycles. The Hall–Kier alpha value is -0.580. The first kappa shape index (κ1) is 15.5. The van der Waals surface area contributed by atoms with Gasteiger partial charge in [0.05, 0.1) is 4.83 Å². The molecule has 104 valence electrons. The summed E-state index contributed by atoms with van der Waals surface area (Å²) in [7, 11) is 3.57. The van der Waals surface area contributed by atoms with Gasteiger partial charge in [0.25, 0.3) is 0 Å². The van der Waals surface area contributed by atoms with E-state index in [1.54, 1.807) is 19.0 Å². The van der Waals surface area contributed by atoms with Gasteiger partial charge in [0.1, 0.15) is 0 Å². The number of nitrogens with zero attached hydrogens (tertiary/aromatic N) is 2. The van der Waals surface area contributed by atoms with Crippen molar-refractivity contribution in [1.82, 2.24) is 9.80 Å². The molecule has 0 N–H and O–H groups in total. The van der Waals surface area contributed by atoms with E-state index in [9.17, 15) is 9.59 Å². The highest BCUT2D eigenvalue weighted by molar-refractivity contribution is 9.10. The Balaban J connectivity index is 2.49. The normalized spacial score (nSPS) is 18.9. The van der Waals surface area contributed by atoms with E-state index >= 15 is 0 Å². The second-order valence-electron chi connectivity index (χ2n) is 5.48. The van der Waals surface area contributed by atoms with Crippen molar-refractivity contribution < 1.29 is 9.59 Å². The van der Waals surface area contributed by atoms with Crippen molar-refractivity contribution in [2.45, 2.75) is 31.5 Å². The maximum absolute atomic E-state index is 12.1. The lowest BCUT2D eigenvalue weighted by molar-refractivity contribution is -0.139. The number of likely N-dealkylation sites (tertiary alicyclic amines) is 1. The van der Waals surface area contributed by atoms with Crippen LogP contribution in [0.1, 0.15) is 26.7 Å². The topological polar surface area (TPSA) is 40.6 Å². The van der Waals surface area contributed by atoms with Crippen LogP contribution < -0.4 is 0 Å². The van der Waals surface area contributed by atoms with Crippen molar-refractivity contribution >= 4 is 27.7 Å². The van der Waals surface area contributed by atoms with Crippen molar-refractivity contribution in [2.24, 2.45) is 11.8 Å². The number of amides is 2. The van der Waals surface area contributed by atoms with E-state index in [2.05, 4.69) is 15.9 Å². The van der Waals surface area contributed by atoms with Crippen molar-refractivity contribution in [3.63, 3.8) is 0 Å². The van der Waals surface area contributed by atoms with Crippen molar-refractivity contribution in [2.75, 3.05) is 27.2 Å². The van der Waals surface area contributed by atoms with Gasteiger partial charge in [0.15, 0.2) is 0 Å². The van der Waals surface area contributed by atoms with Crippen LogP contribution in [0.5, 0.6) is 0 Å². The quantitative estimate of drug-likeness (QED) is 0.744. The number of rotatable bonds is 3. The monoisotopic (exact) mass is 318 g/mol. The van der Waals surface area contributed by atoms with Gasteiger partial charge in [-0.1, -0.05) is 29.8 Å². The number of carbonyl (C=O) groups is 2. The minimum atomic E-state index is -0.112. The molecule has 4 nitrogen and oxygen atoms in total. The van der Waals surface area contributed by atoms with Gasteiger partial charge in [0, 0.05) is 33.1 Å². The predicted octanol–water partition coefficient (Wildman–Crippen LogP) is 1.73. The van der Waals surface area contributed by atoms with Gasteiger partial charge in [-0.2, -0.15) is 0 Å². The Morgan fingerprint density at radius 3 is 2.11 bits per heavy atom. The Morgan fingerprint density at radius 1 is 1.22 bits per heavy atom. The van der Waals surface area contributed by atoms with Crippen LogP contribution in [0, 0.1) is 11.8 Å². The third-order valence-corrected chi connectivity index (χ3v) is 4.87. The summed E-state index contributed by atoms with van der Waals surface area (Å²) < 4.78 is 0. The second kappa shape index (κ2) is 6.55. The van der Waals surface area contributed by atoms with Gasteiger partial charge in [-0.15, -0.1) is 0 Å². The average molecular weight is 319 g/mol. The van der Waals surface area contributed by atoms with Gasteiger partial charge in [-0.3, -0.25) is 9.59 Å². The molecule has 1 aliphatic rings. The smallest absolute Gasteiger partial charge is 0.236 e. The molecular formula is C13H23BrN2O2. The van der Waals surface area contributed by atoms with Crippen molar-refractivity contribution in [3.8, 4) is 0 Å². The zero-order chi connectivity index (χ0) is 13.9. The van der Waals surface area contributed by atoms with Crippen molar-refractivity contribution in [1.29, 1.82) is 0 Å². The zero-order valence-electron chi connectivity index (χ0n) is 11.6. The molecule has 0 saturated carbocycles. The molecule has 2 amide bonds. The number of carbonyl (C=O) groups excluding carboxylic acids is 2. The molecule has 1 saturated heterocycles. The van der Waals surface area contributed by atoms with Gasteiger partial charge < -0.3 is 9.80 Å². The number of hydrogen-bond acceptors (Lipinski definition) is 2. The third kappa shape index (κ3) is 3.70. The Bertz CT molecular complexity index is 310. The summed E-state index contributed by atoms with van der Waals surface area (Å²) in [6.45, 7) is 5.44. The molecule has 0 bridgehead atoms. The molecule has 0 aromatic rings. The predicted molar refractivity (Wildman–Crippen MR) is 75.6 cm³/mol. The van der Waals surface area contributed by atoms with Crippen LogP contribution >= 0.6 is 15.9 Å². The summed E-state index contributed by atoms with van der Waals surface area (Å²) >= 11 is 3.44. The number of halogens is 1. The zero-order valence-corrected chi connectivity index (χ0v) is 13.2. The number of alkyl halides is 1. The lowest BCUT2D eigenvalue weighted by atomic mass is 9.95. The summed E-state index contributed by atoms with van der Waals surface area (Å²) in [5.41, 5.74) is 0. The summed E-state index contributed by atoms with van der Waals surface area (Å²) in [5.74, 6) is 0.706. The molecule has 1 atom stereocenters. The Morgan fingerprint density at radius 2 is 1.72 bits per heavy atom. The molecule has 5 heteroatoms.